The molecule has 0 aliphatic carbocycles. The fourth-order valence-corrected chi connectivity index (χ4v) is 1.53. The van der Waals surface area contributed by atoms with E-state index >= 15 is 0 Å². The van der Waals surface area contributed by atoms with Crippen molar-refractivity contribution in [3.05, 3.63) is 57.8 Å². The molecule has 1 aromatic carbocycles. The molecule has 0 atom stereocenters. The number of hydrogen-bond acceptors (Lipinski definition) is 5. The highest BCUT2D eigenvalue weighted by Crippen LogP contribution is 2.17. The molecule has 21 heavy (non-hydrogen) atoms. The standard InChI is InChI=1S/C14H11N3O4/c15-9-1-2-10-3-5-11(6-4-10)16-14(18)12-7-8-13(21-12)17(19)20/h3-8H,9,15H2,(H,16,18). The second kappa shape index (κ2) is 6.36. The summed E-state index contributed by atoms with van der Waals surface area (Å²) >= 11 is 0. The molecular weight excluding hydrogens is 274 g/mol. The van der Waals surface area contributed by atoms with Crippen LogP contribution < -0.4 is 11.1 Å². The number of furan rings is 1. The Morgan fingerprint density at radius 2 is 2.00 bits per heavy atom. The SMILES string of the molecule is NCC#Cc1ccc(NC(=O)c2ccc([N+](=O)[O-])o2)cc1. The Morgan fingerprint density at radius 3 is 2.57 bits per heavy atom. The maximum atomic E-state index is 11.8. The van der Waals surface area contributed by atoms with Gasteiger partial charge in [0.1, 0.15) is 4.92 Å². The van der Waals surface area contributed by atoms with Gasteiger partial charge in [0.05, 0.1) is 12.6 Å². The van der Waals surface area contributed by atoms with E-state index in [-0.39, 0.29) is 12.3 Å². The van der Waals surface area contributed by atoms with Crippen LogP contribution >= 0.6 is 0 Å². The van der Waals surface area contributed by atoms with Gasteiger partial charge >= 0.3 is 5.88 Å². The summed E-state index contributed by atoms with van der Waals surface area (Å²) < 4.78 is 4.81. The molecule has 1 aromatic heterocycles. The van der Waals surface area contributed by atoms with Gasteiger partial charge in [-0.3, -0.25) is 14.9 Å². The second-order valence-electron chi connectivity index (χ2n) is 3.93. The number of nitro groups is 1. The van der Waals surface area contributed by atoms with Crippen molar-refractivity contribution in [2.24, 2.45) is 5.73 Å². The van der Waals surface area contributed by atoms with Gasteiger partial charge in [-0.05, 0) is 30.3 Å². The Morgan fingerprint density at radius 1 is 1.29 bits per heavy atom. The van der Waals surface area contributed by atoms with Crippen LogP contribution in [0.2, 0.25) is 0 Å². The smallest absolute Gasteiger partial charge is 0.395 e. The number of amides is 1. The molecule has 2 rings (SSSR count). The van der Waals surface area contributed by atoms with Gasteiger partial charge in [-0.25, -0.2) is 0 Å². The van der Waals surface area contributed by atoms with Crippen LogP contribution in [0.4, 0.5) is 11.6 Å². The summed E-state index contributed by atoms with van der Waals surface area (Å²) in [5.41, 5.74) is 6.57. The topological polar surface area (TPSA) is 111 Å². The fraction of sp³-hybridized carbons (Fsp3) is 0.0714. The number of anilines is 1. The van der Waals surface area contributed by atoms with E-state index in [0.717, 1.165) is 11.6 Å². The van der Waals surface area contributed by atoms with Gasteiger partial charge in [-0.1, -0.05) is 11.8 Å². The van der Waals surface area contributed by atoms with Crippen molar-refractivity contribution in [2.75, 3.05) is 11.9 Å². The van der Waals surface area contributed by atoms with E-state index in [2.05, 4.69) is 17.2 Å². The molecule has 0 bridgehead atoms. The highest BCUT2D eigenvalue weighted by atomic mass is 16.6. The highest BCUT2D eigenvalue weighted by Gasteiger charge is 2.17. The number of nitrogens with one attached hydrogen (secondary N) is 1. The molecule has 0 saturated carbocycles. The molecule has 0 aliphatic heterocycles. The molecule has 7 nitrogen and oxygen atoms in total. The van der Waals surface area contributed by atoms with E-state index in [9.17, 15) is 14.9 Å². The predicted octanol–water partition coefficient (Wildman–Crippen LogP) is 1.75. The Kier molecular flexibility index (Phi) is 4.33. The van der Waals surface area contributed by atoms with Crippen LogP contribution in [0.3, 0.4) is 0 Å². The van der Waals surface area contributed by atoms with Crippen LogP contribution in [0.25, 0.3) is 0 Å². The normalized spacial score (nSPS) is 9.57. The summed E-state index contributed by atoms with van der Waals surface area (Å²) in [5, 5.41) is 13.0. The molecule has 0 spiro atoms. The molecular formula is C14H11N3O4. The quantitative estimate of drug-likeness (QED) is 0.507. The average molecular weight is 285 g/mol. The number of nitrogens with two attached hydrogens (primary N) is 1. The largest absolute Gasteiger partial charge is 0.433 e. The van der Waals surface area contributed by atoms with Crippen molar-refractivity contribution in [3.63, 3.8) is 0 Å². The zero-order valence-electron chi connectivity index (χ0n) is 10.8. The summed E-state index contributed by atoms with van der Waals surface area (Å²) in [5.74, 6) is 4.39. The molecule has 3 N–H and O–H groups in total. The summed E-state index contributed by atoms with van der Waals surface area (Å²) in [6.07, 6.45) is 0. The van der Waals surface area contributed by atoms with Crippen molar-refractivity contribution in [1.29, 1.82) is 0 Å². The third-order valence-corrected chi connectivity index (χ3v) is 2.47. The maximum Gasteiger partial charge on any atom is 0.433 e. The number of carbonyl (C=O) groups is 1. The number of rotatable bonds is 3. The lowest BCUT2D eigenvalue weighted by Gasteiger charge is -2.02. The summed E-state index contributed by atoms with van der Waals surface area (Å²) in [4.78, 5) is 21.6. The summed E-state index contributed by atoms with van der Waals surface area (Å²) in [6, 6.07) is 9.15. The van der Waals surface area contributed by atoms with Crippen molar-refractivity contribution in [2.45, 2.75) is 0 Å². The highest BCUT2D eigenvalue weighted by molar-refractivity contribution is 6.02. The summed E-state index contributed by atoms with van der Waals surface area (Å²) in [7, 11) is 0. The fourth-order valence-electron chi connectivity index (χ4n) is 1.53. The van der Waals surface area contributed by atoms with Crippen molar-refractivity contribution < 1.29 is 14.1 Å². The van der Waals surface area contributed by atoms with Crippen LogP contribution in [0.15, 0.2) is 40.8 Å². The molecule has 1 heterocycles. The minimum absolute atomic E-state index is 0.131. The lowest BCUT2D eigenvalue weighted by atomic mass is 10.2. The third kappa shape index (κ3) is 3.68. The average Bonchev–Trinajstić information content (AvgIpc) is 2.97. The number of nitrogens with zero attached hydrogens (tertiary/aromatic N) is 1. The first kappa shape index (κ1) is 14.3. The third-order valence-electron chi connectivity index (χ3n) is 2.47. The Balaban J connectivity index is 2.06. The van der Waals surface area contributed by atoms with Crippen LogP contribution in [0, 0.1) is 22.0 Å². The molecule has 0 unspecified atom stereocenters. The summed E-state index contributed by atoms with van der Waals surface area (Å²) in [6.45, 7) is 0.274. The van der Waals surface area contributed by atoms with E-state index in [4.69, 9.17) is 10.2 Å². The van der Waals surface area contributed by atoms with Gasteiger partial charge < -0.3 is 15.5 Å². The minimum Gasteiger partial charge on any atom is -0.395 e. The van der Waals surface area contributed by atoms with Gasteiger partial charge in [-0.2, -0.15) is 0 Å². The number of benzene rings is 1. The van der Waals surface area contributed by atoms with Gasteiger partial charge in [0.15, 0.2) is 5.76 Å². The Bertz CT molecular complexity index is 723. The minimum atomic E-state index is -0.707. The van der Waals surface area contributed by atoms with Crippen LogP contribution in [0.1, 0.15) is 16.1 Å². The van der Waals surface area contributed by atoms with Gasteiger partial charge in [-0.15, -0.1) is 0 Å². The zero-order chi connectivity index (χ0) is 15.2. The Labute approximate surface area is 119 Å². The van der Waals surface area contributed by atoms with Gasteiger partial charge in [0, 0.05) is 11.3 Å². The van der Waals surface area contributed by atoms with Crippen molar-refractivity contribution in [1.82, 2.24) is 0 Å². The molecule has 2 aromatic rings. The lowest BCUT2D eigenvalue weighted by molar-refractivity contribution is -0.402. The molecule has 0 saturated heterocycles. The number of hydrogen-bond donors (Lipinski definition) is 2. The van der Waals surface area contributed by atoms with E-state index < -0.39 is 16.7 Å². The van der Waals surface area contributed by atoms with Crippen LogP contribution in [-0.2, 0) is 0 Å². The molecule has 0 fully saturated rings. The van der Waals surface area contributed by atoms with E-state index in [0.29, 0.717) is 5.69 Å². The molecule has 0 radical (unpaired) electrons. The van der Waals surface area contributed by atoms with Crippen LogP contribution in [0.5, 0.6) is 0 Å². The first-order valence-corrected chi connectivity index (χ1v) is 5.94. The van der Waals surface area contributed by atoms with E-state index in [1.165, 1.54) is 6.07 Å². The van der Waals surface area contributed by atoms with Gasteiger partial charge in [0.25, 0.3) is 5.91 Å². The molecule has 106 valence electrons. The van der Waals surface area contributed by atoms with Gasteiger partial charge in [0.2, 0.25) is 0 Å². The molecule has 0 aliphatic rings. The van der Waals surface area contributed by atoms with Crippen LogP contribution in [-0.4, -0.2) is 17.4 Å². The van der Waals surface area contributed by atoms with Crippen molar-refractivity contribution >= 4 is 17.5 Å². The monoisotopic (exact) mass is 285 g/mol. The molecule has 7 heteroatoms. The van der Waals surface area contributed by atoms with E-state index in [1.54, 1.807) is 24.3 Å². The maximum absolute atomic E-state index is 11.8. The Hall–Kier alpha value is -3.11. The van der Waals surface area contributed by atoms with E-state index in [1.807, 2.05) is 0 Å². The van der Waals surface area contributed by atoms with Crippen molar-refractivity contribution in [3.8, 4) is 11.8 Å². The predicted molar refractivity (Wildman–Crippen MR) is 75.7 cm³/mol. The first-order chi connectivity index (χ1) is 10.1. The zero-order valence-corrected chi connectivity index (χ0v) is 10.8. The first-order valence-electron chi connectivity index (χ1n) is 5.94. The molecule has 1 amide bonds. The lowest BCUT2D eigenvalue weighted by Crippen LogP contribution is -2.10. The number of carbonyl (C=O) groups excluding carboxylic acids is 1. The second-order valence-corrected chi connectivity index (χ2v) is 3.93.